The molecule has 0 heterocycles. The Labute approximate surface area is 206 Å². The molecule has 0 saturated heterocycles. The minimum Gasteiger partial charge on any atom is -0.412 e. The highest BCUT2D eigenvalue weighted by molar-refractivity contribution is 7.87. The first kappa shape index (κ1) is 29.7. The summed E-state index contributed by atoms with van der Waals surface area (Å²) in [6.07, 6.45) is 7.53. The third-order valence-corrected chi connectivity index (χ3v) is 14.7. The molecule has 0 spiro atoms. The highest BCUT2D eigenvalue weighted by Gasteiger charge is 2.55. The van der Waals surface area contributed by atoms with Gasteiger partial charge in [0.15, 0.2) is 8.32 Å². The summed E-state index contributed by atoms with van der Waals surface area (Å²) in [5.41, 5.74) is -5.81. The van der Waals surface area contributed by atoms with Gasteiger partial charge in [0.05, 0.1) is 5.60 Å². The molecule has 1 saturated carbocycles. The van der Waals surface area contributed by atoms with Gasteiger partial charge >= 0.3 is 15.6 Å². The summed E-state index contributed by atoms with van der Waals surface area (Å²) in [6, 6.07) is 3.39. The monoisotopic (exact) mass is 526 g/mol. The van der Waals surface area contributed by atoms with Crippen molar-refractivity contribution in [3.8, 4) is 0 Å². The molecule has 1 unspecified atom stereocenters. The van der Waals surface area contributed by atoms with Crippen molar-refractivity contribution in [2.75, 3.05) is 0 Å². The lowest BCUT2D eigenvalue weighted by Crippen LogP contribution is -2.44. The maximum atomic E-state index is 12.9. The van der Waals surface area contributed by atoms with E-state index >= 15 is 0 Å². The molecule has 200 valence electrons. The van der Waals surface area contributed by atoms with Crippen molar-refractivity contribution in [1.29, 1.82) is 0 Å². The normalized spacial score (nSPS) is 27.3. The molecule has 0 amide bonds. The first-order valence-corrected chi connectivity index (χ1v) is 16.9. The molecule has 0 aromatic rings. The molecule has 2 rings (SSSR count). The fraction of sp³-hybridized carbons (Fsp3) is 0.920. The van der Waals surface area contributed by atoms with Gasteiger partial charge in [0, 0.05) is 5.92 Å². The second-order valence-electron chi connectivity index (χ2n) is 11.3. The average Bonchev–Trinajstić information content (AvgIpc) is 3.09. The molecule has 2 aliphatic carbocycles. The van der Waals surface area contributed by atoms with Crippen LogP contribution in [0.2, 0.25) is 18.1 Å². The lowest BCUT2D eigenvalue weighted by Gasteiger charge is -2.43. The Bertz CT molecular complexity index is 812. The van der Waals surface area contributed by atoms with Crippen LogP contribution >= 0.6 is 0 Å². The van der Waals surface area contributed by atoms with Crippen LogP contribution in [0, 0.1) is 23.2 Å². The number of hydrogen-bond donors (Lipinski definition) is 0. The molecular formula is C25H45F3O4SSi. The second-order valence-corrected chi connectivity index (χ2v) is 17.6. The standard InChI is InChI=1S/C25H45F3O4SSi/c1-8-34(9-2,10-3)32-23(5,6)17-11-13-19(4)20-15-16-21-22(14-12-18-24(20,21)7)31-33(29,30)25(26,27)28/h14,19-21H,8-13,15-18H2,1-7H3/t19-,20-,21?,24-/m1/s1. The lowest BCUT2D eigenvalue weighted by atomic mass is 9.63. The fourth-order valence-corrected chi connectivity index (χ4v) is 10.4. The molecule has 0 radical (unpaired) electrons. The van der Waals surface area contributed by atoms with E-state index in [1.807, 2.05) is 0 Å². The van der Waals surface area contributed by atoms with Crippen LogP contribution in [0.3, 0.4) is 0 Å². The van der Waals surface area contributed by atoms with E-state index in [0.29, 0.717) is 24.7 Å². The van der Waals surface area contributed by atoms with E-state index in [1.165, 1.54) is 0 Å². The molecule has 0 aromatic heterocycles. The quantitative estimate of drug-likeness (QED) is 0.146. The van der Waals surface area contributed by atoms with E-state index in [0.717, 1.165) is 50.2 Å². The number of fused-ring (bicyclic) bond motifs is 1. The van der Waals surface area contributed by atoms with Crippen LogP contribution in [-0.4, -0.2) is 27.8 Å². The zero-order valence-corrected chi connectivity index (χ0v) is 23.9. The highest BCUT2D eigenvalue weighted by atomic mass is 32.2. The minimum atomic E-state index is -5.63. The average molecular weight is 527 g/mol. The van der Waals surface area contributed by atoms with E-state index in [-0.39, 0.29) is 22.7 Å². The molecule has 2 aliphatic rings. The molecule has 4 atom stereocenters. The van der Waals surface area contributed by atoms with Crippen molar-refractivity contribution in [1.82, 2.24) is 0 Å². The van der Waals surface area contributed by atoms with E-state index in [9.17, 15) is 21.6 Å². The van der Waals surface area contributed by atoms with Gasteiger partial charge in [-0.05, 0) is 87.4 Å². The summed E-state index contributed by atoms with van der Waals surface area (Å²) in [7, 11) is -7.31. The Morgan fingerprint density at radius 1 is 1.15 bits per heavy atom. The van der Waals surface area contributed by atoms with Gasteiger partial charge in [-0.1, -0.05) is 47.5 Å². The smallest absolute Gasteiger partial charge is 0.412 e. The van der Waals surface area contributed by atoms with Gasteiger partial charge in [-0.25, -0.2) is 0 Å². The molecule has 4 nitrogen and oxygen atoms in total. The number of alkyl halides is 3. The first-order valence-electron chi connectivity index (χ1n) is 13.0. The summed E-state index contributed by atoms with van der Waals surface area (Å²) in [5, 5.41) is 0. The van der Waals surface area contributed by atoms with Crippen LogP contribution in [0.4, 0.5) is 13.2 Å². The van der Waals surface area contributed by atoms with Crippen molar-refractivity contribution in [2.45, 2.75) is 123 Å². The van der Waals surface area contributed by atoms with Crippen LogP contribution in [0.25, 0.3) is 0 Å². The summed E-state index contributed by atoms with van der Waals surface area (Å²) < 4.78 is 73.3. The molecule has 9 heteroatoms. The maximum Gasteiger partial charge on any atom is 0.534 e. The van der Waals surface area contributed by atoms with Gasteiger partial charge in [-0.15, -0.1) is 0 Å². The van der Waals surface area contributed by atoms with Crippen LogP contribution in [0.15, 0.2) is 11.8 Å². The third-order valence-electron chi connectivity index (χ3n) is 8.82. The summed E-state index contributed by atoms with van der Waals surface area (Å²) in [6.45, 7) is 15.5. The minimum absolute atomic E-state index is 0.00435. The van der Waals surface area contributed by atoms with Gasteiger partial charge < -0.3 is 8.61 Å². The lowest BCUT2D eigenvalue weighted by molar-refractivity contribution is -0.0536. The SMILES string of the molecule is CC[Si](CC)(CC)OC(C)(C)CCC[C@@H](C)[C@H]1CCC2C(OS(=O)(=O)C(F)(F)F)=CCC[C@@]21C. The molecule has 0 N–H and O–H groups in total. The Kier molecular flexibility index (Phi) is 9.46. The third kappa shape index (κ3) is 6.41. The Morgan fingerprint density at radius 2 is 1.74 bits per heavy atom. The molecule has 0 aliphatic heterocycles. The van der Waals surface area contributed by atoms with Gasteiger partial charge in [-0.2, -0.15) is 21.6 Å². The predicted molar refractivity (Wildman–Crippen MR) is 133 cm³/mol. The fourth-order valence-electron chi connectivity index (χ4n) is 6.61. The van der Waals surface area contributed by atoms with Crippen molar-refractivity contribution in [2.24, 2.45) is 23.2 Å². The Hall–Kier alpha value is -0.543. The topological polar surface area (TPSA) is 52.6 Å². The summed E-state index contributed by atoms with van der Waals surface area (Å²) in [5.74, 6) is 0.443. The van der Waals surface area contributed by atoms with Crippen LogP contribution in [-0.2, 0) is 18.7 Å². The van der Waals surface area contributed by atoms with Gasteiger partial charge in [-0.3, -0.25) is 0 Å². The first-order chi connectivity index (χ1) is 15.6. The predicted octanol–water partition coefficient (Wildman–Crippen LogP) is 8.17. The Balaban J connectivity index is 2.01. The van der Waals surface area contributed by atoms with Crippen LogP contribution in [0.1, 0.15) is 93.4 Å². The van der Waals surface area contributed by atoms with Crippen molar-refractivity contribution in [3.63, 3.8) is 0 Å². The molecular weight excluding hydrogens is 481 g/mol. The molecule has 0 aromatic carbocycles. The zero-order valence-electron chi connectivity index (χ0n) is 22.1. The van der Waals surface area contributed by atoms with Gasteiger partial charge in [0.25, 0.3) is 0 Å². The molecule has 0 bridgehead atoms. The van der Waals surface area contributed by atoms with Gasteiger partial charge in [0.1, 0.15) is 5.76 Å². The van der Waals surface area contributed by atoms with E-state index in [2.05, 4.69) is 52.6 Å². The number of halogens is 3. The number of rotatable bonds is 12. The second kappa shape index (κ2) is 10.8. The van der Waals surface area contributed by atoms with Gasteiger partial charge in [0.2, 0.25) is 0 Å². The summed E-state index contributed by atoms with van der Waals surface area (Å²) >= 11 is 0. The molecule has 34 heavy (non-hydrogen) atoms. The van der Waals surface area contributed by atoms with Crippen molar-refractivity contribution >= 4 is 18.4 Å². The summed E-state index contributed by atoms with van der Waals surface area (Å²) in [4.78, 5) is 0. The van der Waals surface area contributed by atoms with E-state index < -0.39 is 23.9 Å². The van der Waals surface area contributed by atoms with Crippen molar-refractivity contribution < 1.29 is 30.2 Å². The maximum absolute atomic E-state index is 12.9. The van der Waals surface area contributed by atoms with Crippen LogP contribution in [0.5, 0.6) is 0 Å². The largest absolute Gasteiger partial charge is 0.534 e. The number of hydrogen-bond acceptors (Lipinski definition) is 4. The number of allylic oxidation sites excluding steroid dienone is 2. The van der Waals surface area contributed by atoms with E-state index in [4.69, 9.17) is 4.43 Å². The Morgan fingerprint density at radius 3 is 2.26 bits per heavy atom. The van der Waals surface area contributed by atoms with Crippen molar-refractivity contribution in [3.05, 3.63) is 11.8 Å². The van der Waals surface area contributed by atoms with Crippen LogP contribution < -0.4 is 0 Å². The highest BCUT2D eigenvalue weighted by Crippen LogP contribution is 2.59. The zero-order chi connectivity index (χ0) is 26.0. The molecule has 1 fully saturated rings. The van der Waals surface area contributed by atoms with E-state index in [1.54, 1.807) is 6.08 Å².